The van der Waals surface area contributed by atoms with Gasteiger partial charge in [0.1, 0.15) is 11.5 Å². The second-order valence-electron chi connectivity index (χ2n) is 4.78. The number of anilines is 1. The molecule has 106 valence electrons. The van der Waals surface area contributed by atoms with Crippen LogP contribution in [-0.4, -0.2) is 15.0 Å². The van der Waals surface area contributed by atoms with Crippen LogP contribution in [0.5, 0.6) is 0 Å². The van der Waals surface area contributed by atoms with Crippen LogP contribution in [0.4, 0.5) is 5.82 Å². The van der Waals surface area contributed by atoms with Gasteiger partial charge in [-0.15, -0.1) is 0 Å². The lowest BCUT2D eigenvalue weighted by Crippen LogP contribution is -2.08. The van der Waals surface area contributed by atoms with Crippen molar-refractivity contribution in [2.45, 2.75) is 20.3 Å². The molecule has 0 atom stereocenters. The Morgan fingerprint density at radius 2 is 2.00 bits per heavy atom. The van der Waals surface area contributed by atoms with Gasteiger partial charge < -0.3 is 5.73 Å². The predicted octanol–water partition coefficient (Wildman–Crippen LogP) is 4.23. The van der Waals surface area contributed by atoms with E-state index in [4.69, 9.17) is 28.9 Å². The van der Waals surface area contributed by atoms with Gasteiger partial charge in [0.05, 0.1) is 19.3 Å². The van der Waals surface area contributed by atoms with Crippen molar-refractivity contribution in [3.63, 3.8) is 0 Å². The van der Waals surface area contributed by atoms with E-state index in [1.54, 1.807) is 6.07 Å². The molecule has 2 heterocycles. The summed E-state index contributed by atoms with van der Waals surface area (Å²) in [5.41, 5.74) is 7.36. The summed E-state index contributed by atoms with van der Waals surface area (Å²) < 4.78 is 0.880. The maximum atomic E-state index is 6.14. The summed E-state index contributed by atoms with van der Waals surface area (Å²) in [5.74, 6) is 1.35. The van der Waals surface area contributed by atoms with Crippen LogP contribution in [0.25, 0.3) is 11.5 Å². The molecule has 0 aliphatic rings. The first-order valence-corrected chi connectivity index (χ1v) is 7.85. The lowest BCUT2D eigenvalue weighted by Gasteiger charge is -2.11. The van der Waals surface area contributed by atoms with Gasteiger partial charge in [0.15, 0.2) is 5.82 Å². The first kappa shape index (κ1) is 15.7. The van der Waals surface area contributed by atoms with Crippen molar-refractivity contribution in [2.24, 2.45) is 5.92 Å². The Balaban J connectivity index is 2.54. The van der Waals surface area contributed by atoms with Crippen molar-refractivity contribution in [3.05, 3.63) is 31.6 Å². The molecule has 2 N–H and O–H groups in total. The second-order valence-corrected chi connectivity index (χ2v) is 6.70. The van der Waals surface area contributed by atoms with Gasteiger partial charge >= 0.3 is 0 Å². The molecule has 0 bridgehead atoms. The van der Waals surface area contributed by atoms with Crippen LogP contribution in [0, 0.1) is 9.49 Å². The molecular weight excluding hydrogens is 410 g/mol. The average Bonchev–Trinajstić information content (AvgIpc) is 2.34. The highest BCUT2D eigenvalue weighted by Gasteiger charge is 2.15. The van der Waals surface area contributed by atoms with Crippen LogP contribution in [0.15, 0.2) is 12.3 Å². The molecule has 0 saturated carbocycles. The van der Waals surface area contributed by atoms with Crippen LogP contribution in [0.3, 0.4) is 0 Å². The molecule has 7 heteroatoms. The standard InChI is InChI=1S/C13H13Cl2IN4/c1-6(2)3-9-10(16)12(17)20-13(19-9)11-8(15)4-7(14)5-18-11/h4-6H,3H2,1-2H3,(H2,17,19,20). The van der Waals surface area contributed by atoms with Crippen molar-refractivity contribution >= 4 is 51.6 Å². The van der Waals surface area contributed by atoms with E-state index < -0.39 is 0 Å². The SMILES string of the molecule is CC(C)Cc1nc(-c2ncc(Cl)cc2Cl)nc(N)c1I. The van der Waals surface area contributed by atoms with Crippen molar-refractivity contribution in [2.75, 3.05) is 5.73 Å². The topological polar surface area (TPSA) is 64.7 Å². The minimum Gasteiger partial charge on any atom is -0.383 e. The van der Waals surface area contributed by atoms with Gasteiger partial charge in [-0.05, 0) is 41.0 Å². The maximum Gasteiger partial charge on any atom is 0.182 e. The average molecular weight is 423 g/mol. The number of nitrogens with zero attached hydrogens (tertiary/aromatic N) is 3. The number of pyridine rings is 1. The zero-order valence-electron chi connectivity index (χ0n) is 11.0. The molecule has 4 nitrogen and oxygen atoms in total. The summed E-state index contributed by atoms with van der Waals surface area (Å²) in [6.07, 6.45) is 2.34. The van der Waals surface area contributed by atoms with Crippen LogP contribution < -0.4 is 5.73 Å². The van der Waals surface area contributed by atoms with E-state index in [2.05, 4.69) is 51.4 Å². The summed E-state index contributed by atoms with van der Waals surface area (Å²) in [5, 5.41) is 0.883. The summed E-state index contributed by atoms with van der Waals surface area (Å²) in [4.78, 5) is 13.0. The number of halogens is 3. The molecule has 0 fully saturated rings. The van der Waals surface area contributed by atoms with E-state index in [-0.39, 0.29) is 0 Å². The molecule has 0 unspecified atom stereocenters. The van der Waals surface area contributed by atoms with Crippen molar-refractivity contribution in [1.29, 1.82) is 0 Å². The monoisotopic (exact) mass is 422 g/mol. The van der Waals surface area contributed by atoms with Crippen LogP contribution >= 0.6 is 45.8 Å². The summed E-state index contributed by atoms with van der Waals surface area (Å²) in [7, 11) is 0. The van der Waals surface area contributed by atoms with E-state index in [9.17, 15) is 0 Å². The number of nitrogens with two attached hydrogens (primary N) is 1. The Morgan fingerprint density at radius 3 is 2.60 bits per heavy atom. The largest absolute Gasteiger partial charge is 0.383 e. The normalized spacial score (nSPS) is 11.1. The minimum atomic E-state index is 0.411. The van der Waals surface area contributed by atoms with Crippen LogP contribution in [0.2, 0.25) is 10.0 Å². The number of nitrogen functional groups attached to an aromatic ring is 1. The van der Waals surface area contributed by atoms with Gasteiger partial charge in [0, 0.05) is 6.20 Å². The van der Waals surface area contributed by atoms with Crippen molar-refractivity contribution in [3.8, 4) is 11.5 Å². The molecule has 2 rings (SSSR count). The highest BCUT2D eigenvalue weighted by Crippen LogP contribution is 2.28. The first-order chi connectivity index (χ1) is 9.38. The van der Waals surface area contributed by atoms with Gasteiger partial charge in [0.25, 0.3) is 0 Å². The number of aromatic nitrogens is 3. The lowest BCUT2D eigenvalue weighted by atomic mass is 10.1. The smallest absolute Gasteiger partial charge is 0.182 e. The molecular formula is C13H13Cl2IN4. The third-order valence-corrected chi connectivity index (χ3v) is 4.24. The Kier molecular flexibility index (Phi) is 5.04. The molecule has 0 saturated heterocycles. The molecule has 20 heavy (non-hydrogen) atoms. The van der Waals surface area contributed by atoms with Crippen molar-refractivity contribution in [1.82, 2.24) is 15.0 Å². The second kappa shape index (κ2) is 6.41. The van der Waals surface area contributed by atoms with E-state index in [1.165, 1.54) is 6.20 Å². The Bertz CT molecular complexity index is 647. The Morgan fingerprint density at radius 1 is 1.30 bits per heavy atom. The summed E-state index contributed by atoms with van der Waals surface area (Å²) in [6.45, 7) is 4.25. The van der Waals surface area contributed by atoms with Gasteiger partial charge in [-0.2, -0.15) is 0 Å². The van der Waals surface area contributed by atoms with E-state index in [1.807, 2.05) is 0 Å². The third-order valence-electron chi connectivity index (χ3n) is 2.57. The molecule has 2 aromatic heterocycles. The van der Waals surface area contributed by atoms with Crippen LogP contribution in [-0.2, 0) is 6.42 Å². The van der Waals surface area contributed by atoms with Gasteiger partial charge in [0.2, 0.25) is 0 Å². The molecule has 2 aromatic rings. The molecule has 0 aliphatic carbocycles. The minimum absolute atomic E-state index is 0.411. The van der Waals surface area contributed by atoms with E-state index in [0.717, 1.165) is 15.7 Å². The molecule has 0 spiro atoms. The fourth-order valence-corrected chi connectivity index (χ4v) is 2.65. The van der Waals surface area contributed by atoms with Crippen molar-refractivity contribution < 1.29 is 0 Å². The fourth-order valence-electron chi connectivity index (χ4n) is 1.72. The Labute approximate surface area is 141 Å². The quantitative estimate of drug-likeness (QED) is 0.751. The van der Waals surface area contributed by atoms with Gasteiger partial charge in [-0.1, -0.05) is 37.0 Å². The van der Waals surface area contributed by atoms with Gasteiger partial charge in [-0.3, -0.25) is 0 Å². The summed E-state index contributed by atoms with van der Waals surface area (Å²) in [6, 6.07) is 1.62. The zero-order valence-corrected chi connectivity index (χ0v) is 14.7. The third kappa shape index (κ3) is 3.51. The predicted molar refractivity (Wildman–Crippen MR) is 91.0 cm³/mol. The first-order valence-electron chi connectivity index (χ1n) is 6.01. The molecule has 0 aliphatic heterocycles. The van der Waals surface area contributed by atoms with Crippen LogP contribution in [0.1, 0.15) is 19.5 Å². The molecule has 0 aromatic carbocycles. The highest BCUT2D eigenvalue weighted by atomic mass is 127. The molecule has 0 amide bonds. The number of hydrogen-bond donors (Lipinski definition) is 1. The van der Waals surface area contributed by atoms with E-state index >= 15 is 0 Å². The molecule has 0 radical (unpaired) electrons. The van der Waals surface area contributed by atoms with E-state index in [0.29, 0.717) is 33.3 Å². The number of rotatable bonds is 3. The number of hydrogen-bond acceptors (Lipinski definition) is 4. The maximum absolute atomic E-state index is 6.14. The lowest BCUT2D eigenvalue weighted by molar-refractivity contribution is 0.632. The Hall–Kier alpha value is -0.660. The zero-order chi connectivity index (χ0) is 14.9. The van der Waals surface area contributed by atoms with Gasteiger partial charge in [-0.25, -0.2) is 15.0 Å². The highest BCUT2D eigenvalue weighted by molar-refractivity contribution is 14.1. The summed E-state index contributed by atoms with van der Waals surface area (Å²) >= 11 is 14.2. The fraction of sp³-hybridized carbons (Fsp3) is 0.308.